The topological polar surface area (TPSA) is 107 Å². The van der Waals surface area contributed by atoms with Crippen molar-refractivity contribution < 1.29 is 17.6 Å². The van der Waals surface area contributed by atoms with Gasteiger partial charge in [0.05, 0.1) is 14.7 Å². The summed E-state index contributed by atoms with van der Waals surface area (Å²) in [5.41, 5.74) is -0.574. The molecular weight excluding hydrogens is 316 g/mol. The van der Waals surface area contributed by atoms with Gasteiger partial charge in [0.15, 0.2) is 4.90 Å². The molecule has 21 heavy (non-hydrogen) atoms. The minimum absolute atomic E-state index is 0.491. The van der Waals surface area contributed by atoms with Crippen molar-refractivity contribution in [3.05, 3.63) is 34.4 Å². The van der Waals surface area contributed by atoms with Crippen LogP contribution in [-0.2, 0) is 19.8 Å². The molecule has 0 spiro atoms. The van der Waals surface area contributed by atoms with E-state index >= 15 is 0 Å². The van der Waals surface area contributed by atoms with Gasteiger partial charge in [0.1, 0.15) is 0 Å². The fourth-order valence-electron chi connectivity index (χ4n) is 1.74. The van der Waals surface area contributed by atoms with Crippen LogP contribution in [0.4, 0.5) is 5.69 Å². The molecule has 9 heteroatoms. The predicted octanol–water partition coefficient (Wildman–Crippen LogP) is 2.57. The standard InChI is InChI=1S/C12H18N2O5S2/c1-9(2)20(17,10(3)4)13-21(18,19)12-8-6-5-7-11(12)14(15)16/h5-10H,1-4H3. The van der Waals surface area contributed by atoms with E-state index in [9.17, 15) is 22.7 Å². The zero-order valence-corrected chi connectivity index (χ0v) is 13.8. The summed E-state index contributed by atoms with van der Waals surface area (Å²) < 4.78 is 41.0. The van der Waals surface area contributed by atoms with Gasteiger partial charge in [-0.25, -0.2) is 4.21 Å². The number of rotatable bonds is 5. The lowest BCUT2D eigenvalue weighted by Gasteiger charge is -2.17. The number of sulfonamides is 1. The highest BCUT2D eigenvalue weighted by Crippen LogP contribution is 2.27. The van der Waals surface area contributed by atoms with E-state index in [1.807, 2.05) is 0 Å². The molecule has 0 amide bonds. The summed E-state index contributed by atoms with van der Waals surface area (Å²) in [7, 11) is -7.43. The van der Waals surface area contributed by atoms with Gasteiger partial charge in [-0.3, -0.25) is 10.1 Å². The van der Waals surface area contributed by atoms with Crippen LogP contribution >= 0.6 is 0 Å². The van der Waals surface area contributed by atoms with Gasteiger partial charge in [0.2, 0.25) is 0 Å². The molecule has 0 fully saturated rings. The lowest BCUT2D eigenvalue weighted by atomic mass is 10.3. The number of hydrogen-bond acceptors (Lipinski definition) is 5. The Kier molecular flexibility index (Phi) is 5.11. The van der Waals surface area contributed by atoms with E-state index in [0.29, 0.717) is 0 Å². The van der Waals surface area contributed by atoms with Gasteiger partial charge in [-0.1, -0.05) is 39.8 Å². The van der Waals surface area contributed by atoms with E-state index < -0.39 is 45.8 Å². The van der Waals surface area contributed by atoms with Crippen LogP contribution in [0.25, 0.3) is 0 Å². The van der Waals surface area contributed by atoms with Crippen molar-refractivity contribution in [3.8, 4) is 0 Å². The van der Waals surface area contributed by atoms with Crippen molar-refractivity contribution >= 4 is 25.4 Å². The van der Waals surface area contributed by atoms with E-state index in [1.165, 1.54) is 12.1 Å². The predicted molar refractivity (Wildman–Crippen MR) is 81.1 cm³/mol. The first-order chi connectivity index (χ1) is 9.52. The second-order valence-electron chi connectivity index (χ2n) is 4.99. The van der Waals surface area contributed by atoms with E-state index in [-0.39, 0.29) is 0 Å². The van der Waals surface area contributed by atoms with E-state index in [1.54, 1.807) is 27.7 Å². The van der Waals surface area contributed by atoms with Crippen LogP contribution in [0.5, 0.6) is 0 Å². The molecule has 0 aliphatic rings. The molecule has 0 aliphatic carbocycles. The SMILES string of the molecule is CC(C)S(=O)(=NS(=O)(=O)c1ccccc1[N+](=O)[O-])C(C)C. The minimum atomic E-state index is -4.38. The molecule has 7 nitrogen and oxygen atoms in total. The Morgan fingerprint density at radius 1 is 1.05 bits per heavy atom. The molecule has 0 saturated carbocycles. The van der Waals surface area contributed by atoms with Crippen molar-refractivity contribution in [2.45, 2.75) is 43.1 Å². The number of benzene rings is 1. The summed E-state index contributed by atoms with van der Waals surface area (Å²) in [6.45, 7) is 6.45. The van der Waals surface area contributed by atoms with Gasteiger partial charge in [-0.2, -0.15) is 8.42 Å². The quantitative estimate of drug-likeness (QED) is 0.607. The Balaban J connectivity index is 3.65. The van der Waals surface area contributed by atoms with Gasteiger partial charge in [0, 0.05) is 16.6 Å². The summed E-state index contributed by atoms with van der Waals surface area (Å²) in [4.78, 5) is 9.60. The molecule has 1 aromatic carbocycles. The third kappa shape index (κ3) is 3.59. The Hall–Kier alpha value is -1.48. The average molecular weight is 334 g/mol. The fraction of sp³-hybridized carbons (Fsp3) is 0.500. The third-order valence-electron chi connectivity index (χ3n) is 2.91. The van der Waals surface area contributed by atoms with Gasteiger partial charge in [-0.15, -0.1) is 3.77 Å². The summed E-state index contributed by atoms with van der Waals surface area (Å²) >= 11 is 0. The highest BCUT2D eigenvalue weighted by atomic mass is 32.3. The second kappa shape index (κ2) is 6.10. The Morgan fingerprint density at radius 2 is 1.52 bits per heavy atom. The molecule has 0 saturated heterocycles. The van der Waals surface area contributed by atoms with Crippen molar-refractivity contribution in [1.82, 2.24) is 0 Å². The lowest BCUT2D eigenvalue weighted by molar-refractivity contribution is -0.387. The molecule has 0 bridgehead atoms. The third-order valence-corrected chi connectivity index (χ3v) is 8.23. The zero-order valence-electron chi connectivity index (χ0n) is 12.2. The first-order valence-electron chi connectivity index (χ1n) is 6.27. The zero-order chi connectivity index (χ0) is 16.4. The minimum Gasteiger partial charge on any atom is -0.258 e. The van der Waals surface area contributed by atoms with Crippen LogP contribution in [-0.4, -0.2) is 28.0 Å². The van der Waals surface area contributed by atoms with Crippen LogP contribution < -0.4 is 0 Å². The van der Waals surface area contributed by atoms with E-state index in [2.05, 4.69) is 3.77 Å². The molecular formula is C12H18N2O5S2. The monoisotopic (exact) mass is 334 g/mol. The smallest absolute Gasteiger partial charge is 0.258 e. The van der Waals surface area contributed by atoms with E-state index in [0.717, 1.165) is 12.1 Å². The molecule has 0 aliphatic heterocycles. The normalized spacial score (nSPS) is 12.7. The van der Waals surface area contributed by atoms with Crippen LogP contribution in [0.1, 0.15) is 27.7 Å². The van der Waals surface area contributed by atoms with Crippen molar-refractivity contribution in [1.29, 1.82) is 0 Å². The van der Waals surface area contributed by atoms with Crippen LogP contribution in [0, 0.1) is 10.1 Å². The highest BCUT2D eigenvalue weighted by Gasteiger charge is 2.29. The van der Waals surface area contributed by atoms with Gasteiger partial charge >= 0.3 is 0 Å². The molecule has 1 aromatic rings. The van der Waals surface area contributed by atoms with Crippen LogP contribution in [0.15, 0.2) is 32.9 Å². The summed E-state index contributed by atoms with van der Waals surface area (Å²) in [5.74, 6) is 0. The molecule has 0 heterocycles. The molecule has 0 aromatic heterocycles. The van der Waals surface area contributed by atoms with Gasteiger partial charge in [0.25, 0.3) is 15.7 Å². The number of nitro groups is 1. The fourth-order valence-corrected chi connectivity index (χ4v) is 6.41. The largest absolute Gasteiger partial charge is 0.296 e. The molecule has 0 radical (unpaired) electrons. The van der Waals surface area contributed by atoms with Gasteiger partial charge in [-0.05, 0) is 6.07 Å². The van der Waals surface area contributed by atoms with Crippen molar-refractivity contribution in [3.63, 3.8) is 0 Å². The summed E-state index contributed by atoms with van der Waals surface area (Å²) in [6.07, 6.45) is 0. The Bertz CT molecular complexity index is 746. The maximum absolute atomic E-state index is 12.7. The second-order valence-corrected chi connectivity index (χ2v) is 10.1. The molecule has 0 N–H and O–H groups in total. The number of nitrogens with zero attached hydrogens (tertiary/aromatic N) is 2. The number of nitro benzene ring substituents is 1. The first kappa shape index (κ1) is 17.6. The van der Waals surface area contributed by atoms with Crippen molar-refractivity contribution in [2.24, 2.45) is 3.77 Å². The van der Waals surface area contributed by atoms with Crippen LogP contribution in [0.2, 0.25) is 0 Å². The Labute approximate surface area is 124 Å². The first-order valence-corrected chi connectivity index (χ1v) is 9.35. The number of hydrogen-bond donors (Lipinski definition) is 0. The lowest BCUT2D eigenvalue weighted by Crippen LogP contribution is -2.25. The molecule has 0 unspecified atom stereocenters. The molecule has 0 atom stereocenters. The maximum Gasteiger partial charge on any atom is 0.296 e. The van der Waals surface area contributed by atoms with Gasteiger partial charge < -0.3 is 0 Å². The summed E-state index contributed by atoms with van der Waals surface area (Å²) in [5, 5.41) is 9.95. The number of para-hydroxylation sites is 1. The Morgan fingerprint density at radius 3 is 1.95 bits per heavy atom. The molecule has 1 rings (SSSR count). The van der Waals surface area contributed by atoms with Crippen LogP contribution in [0.3, 0.4) is 0 Å². The maximum atomic E-state index is 12.7. The average Bonchev–Trinajstić information content (AvgIpc) is 2.37. The summed E-state index contributed by atoms with van der Waals surface area (Å²) in [6, 6.07) is 4.90. The van der Waals surface area contributed by atoms with Crippen molar-refractivity contribution in [2.75, 3.05) is 0 Å². The molecule has 118 valence electrons. The van der Waals surface area contributed by atoms with E-state index in [4.69, 9.17) is 0 Å². The highest BCUT2D eigenvalue weighted by molar-refractivity contribution is 8.04.